The van der Waals surface area contributed by atoms with E-state index in [4.69, 9.17) is 9.52 Å². The molecule has 1 unspecified atom stereocenters. The van der Waals surface area contributed by atoms with Crippen molar-refractivity contribution in [2.24, 2.45) is 0 Å². The number of aryl methyl sites for hydroxylation is 3. The third kappa shape index (κ3) is 4.04. The maximum absolute atomic E-state index is 12.3. The largest absolute Gasteiger partial charge is 0.475 e. The second-order valence-corrected chi connectivity index (χ2v) is 6.68. The Bertz CT molecular complexity index is 680. The maximum Gasteiger partial charge on any atom is 0.371 e. The van der Waals surface area contributed by atoms with E-state index in [-0.39, 0.29) is 5.76 Å². The van der Waals surface area contributed by atoms with E-state index in [1.807, 2.05) is 26.0 Å². The Morgan fingerprint density at radius 1 is 1.10 bits per heavy atom. The van der Waals surface area contributed by atoms with Gasteiger partial charge >= 0.3 is 5.97 Å². The third-order valence-electron chi connectivity index (χ3n) is 3.16. The molecule has 0 saturated carbocycles. The fraction of sp³-hybridized carbons (Fsp3) is 0.312. The molecule has 112 valence electrons. The zero-order valence-electron chi connectivity index (χ0n) is 12.3. The lowest BCUT2D eigenvalue weighted by molar-refractivity contribution is 0.0661. The number of rotatable bonds is 5. The predicted octanol–water partition coefficient (Wildman–Crippen LogP) is 3.35. The van der Waals surface area contributed by atoms with Crippen molar-refractivity contribution in [2.75, 3.05) is 0 Å². The first kappa shape index (κ1) is 15.5. The lowest BCUT2D eigenvalue weighted by atomic mass is 10.1. The van der Waals surface area contributed by atoms with Crippen LogP contribution in [0.3, 0.4) is 0 Å². The van der Waals surface area contributed by atoms with Gasteiger partial charge in [-0.25, -0.2) is 4.79 Å². The molecule has 2 aromatic rings. The second-order valence-electron chi connectivity index (χ2n) is 5.22. The van der Waals surface area contributed by atoms with Gasteiger partial charge in [0.05, 0.1) is 5.75 Å². The van der Waals surface area contributed by atoms with E-state index in [1.54, 1.807) is 6.92 Å². The molecular formula is C16H18O4S. The highest BCUT2D eigenvalue weighted by Gasteiger charge is 2.15. The van der Waals surface area contributed by atoms with E-state index < -0.39 is 16.8 Å². The molecule has 0 spiro atoms. The van der Waals surface area contributed by atoms with E-state index in [0.29, 0.717) is 22.8 Å². The molecule has 1 N–H and O–H groups in total. The van der Waals surface area contributed by atoms with Crippen molar-refractivity contribution in [1.29, 1.82) is 0 Å². The lowest BCUT2D eigenvalue weighted by Crippen LogP contribution is -2.00. The van der Waals surface area contributed by atoms with Crippen LogP contribution in [0.5, 0.6) is 0 Å². The van der Waals surface area contributed by atoms with Gasteiger partial charge in [-0.05, 0) is 32.4 Å². The number of furan rings is 1. The molecule has 21 heavy (non-hydrogen) atoms. The molecule has 1 aromatic heterocycles. The van der Waals surface area contributed by atoms with Crippen LogP contribution in [0, 0.1) is 20.8 Å². The van der Waals surface area contributed by atoms with Crippen LogP contribution in [-0.2, 0) is 22.3 Å². The number of carboxylic acids is 1. The van der Waals surface area contributed by atoms with Gasteiger partial charge in [0.2, 0.25) is 5.76 Å². The Balaban J connectivity index is 2.09. The van der Waals surface area contributed by atoms with Crippen molar-refractivity contribution >= 4 is 16.8 Å². The first-order valence-electron chi connectivity index (χ1n) is 6.60. The van der Waals surface area contributed by atoms with Crippen molar-refractivity contribution in [3.8, 4) is 0 Å². The van der Waals surface area contributed by atoms with Crippen LogP contribution in [0.4, 0.5) is 0 Å². The van der Waals surface area contributed by atoms with Crippen LogP contribution in [0.25, 0.3) is 0 Å². The monoisotopic (exact) mass is 306 g/mol. The van der Waals surface area contributed by atoms with Gasteiger partial charge in [-0.3, -0.25) is 4.21 Å². The summed E-state index contributed by atoms with van der Waals surface area (Å²) < 4.78 is 17.4. The number of carbonyl (C=O) groups is 1. The Morgan fingerprint density at radius 2 is 1.71 bits per heavy atom. The first-order valence-corrected chi connectivity index (χ1v) is 8.08. The van der Waals surface area contributed by atoms with Gasteiger partial charge < -0.3 is 9.52 Å². The molecule has 1 aromatic carbocycles. The minimum absolute atomic E-state index is 0.106. The van der Waals surface area contributed by atoms with Gasteiger partial charge in [-0.15, -0.1) is 0 Å². The molecule has 2 rings (SSSR count). The van der Waals surface area contributed by atoms with Crippen LogP contribution >= 0.6 is 0 Å². The molecule has 0 bridgehead atoms. The van der Waals surface area contributed by atoms with Crippen molar-refractivity contribution in [2.45, 2.75) is 32.3 Å². The normalized spacial score (nSPS) is 12.3. The molecule has 5 heteroatoms. The van der Waals surface area contributed by atoms with E-state index in [9.17, 15) is 9.00 Å². The van der Waals surface area contributed by atoms with Crippen LogP contribution < -0.4 is 0 Å². The molecule has 0 aliphatic carbocycles. The maximum atomic E-state index is 12.3. The third-order valence-corrected chi connectivity index (χ3v) is 4.45. The standard InChI is InChI=1S/C16H18O4S/c1-10-4-11(2)6-13(5-10)8-21(19)9-14-7-15(16(17)18)20-12(14)3/h4-7H,8-9H2,1-3H3,(H,17,18). The first-order chi connectivity index (χ1) is 9.85. The minimum atomic E-state index is -1.11. The van der Waals surface area contributed by atoms with E-state index >= 15 is 0 Å². The van der Waals surface area contributed by atoms with Crippen molar-refractivity contribution < 1.29 is 18.5 Å². The molecule has 4 nitrogen and oxygen atoms in total. The summed E-state index contributed by atoms with van der Waals surface area (Å²) in [5.74, 6) is 0.0574. The van der Waals surface area contributed by atoms with Crippen LogP contribution in [0.2, 0.25) is 0 Å². The Morgan fingerprint density at radius 3 is 2.24 bits per heavy atom. The van der Waals surface area contributed by atoms with Crippen LogP contribution in [-0.4, -0.2) is 15.3 Å². The van der Waals surface area contributed by atoms with Crippen LogP contribution in [0.15, 0.2) is 28.7 Å². The number of carboxylic acid groups (broad SMARTS) is 1. The molecule has 1 heterocycles. The summed E-state index contributed by atoms with van der Waals surface area (Å²) in [6.45, 7) is 5.72. The quantitative estimate of drug-likeness (QED) is 0.920. The Labute approximate surface area is 126 Å². The van der Waals surface area contributed by atoms with Gasteiger partial charge in [0.25, 0.3) is 0 Å². The van der Waals surface area contributed by atoms with Crippen molar-refractivity contribution in [3.63, 3.8) is 0 Å². The summed E-state index contributed by atoms with van der Waals surface area (Å²) >= 11 is 0. The van der Waals surface area contributed by atoms with Gasteiger partial charge in [-0.1, -0.05) is 29.3 Å². The van der Waals surface area contributed by atoms with E-state index in [1.165, 1.54) is 6.07 Å². The van der Waals surface area contributed by atoms with Crippen molar-refractivity contribution in [1.82, 2.24) is 0 Å². The smallest absolute Gasteiger partial charge is 0.371 e. The Kier molecular flexibility index (Phi) is 4.63. The summed E-state index contributed by atoms with van der Waals surface area (Å²) in [7, 11) is -1.10. The highest BCUT2D eigenvalue weighted by atomic mass is 32.2. The summed E-state index contributed by atoms with van der Waals surface area (Å²) in [6.07, 6.45) is 0. The van der Waals surface area contributed by atoms with Gasteiger partial charge in [-0.2, -0.15) is 0 Å². The zero-order valence-corrected chi connectivity index (χ0v) is 13.1. The van der Waals surface area contributed by atoms with E-state index in [0.717, 1.165) is 16.7 Å². The molecular weight excluding hydrogens is 288 g/mol. The van der Waals surface area contributed by atoms with E-state index in [2.05, 4.69) is 6.07 Å². The predicted molar refractivity (Wildman–Crippen MR) is 81.9 cm³/mol. The average Bonchev–Trinajstić information content (AvgIpc) is 2.69. The molecule has 0 radical (unpaired) electrons. The van der Waals surface area contributed by atoms with Gasteiger partial charge in [0.15, 0.2) is 0 Å². The Hall–Kier alpha value is -1.88. The zero-order chi connectivity index (χ0) is 15.6. The highest BCUT2D eigenvalue weighted by molar-refractivity contribution is 7.83. The highest BCUT2D eigenvalue weighted by Crippen LogP contribution is 2.18. The summed E-state index contributed by atoms with van der Waals surface area (Å²) in [6, 6.07) is 7.58. The topological polar surface area (TPSA) is 67.5 Å². The molecule has 0 aliphatic rings. The molecule has 0 fully saturated rings. The summed E-state index contributed by atoms with van der Waals surface area (Å²) in [4.78, 5) is 10.8. The number of hydrogen-bond donors (Lipinski definition) is 1. The van der Waals surface area contributed by atoms with Gasteiger partial charge in [0, 0.05) is 22.1 Å². The SMILES string of the molecule is Cc1cc(C)cc(CS(=O)Cc2cc(C(=O)O)oc2C)c1. The molecule has 0 amide bonds. The van der Waals surface area contributed by atoms with Crippen LogP contribution in [0.1, 0.15) is 38.6 Å². The second kappa shape index (κ2) is 6.26. The summed E-state index contributed by atoms with van der Waals surface area (Å²) in [5.41, 5.74) is 4.02. The lowest BCUT2D eigenvalue weighted by Gasteiger charge is -2.05. The number of benzene rings is 1. The average molecular weight is 306 g/mol. The molecule has 1 atom stereocenters. The van der Waals surface area contributed by atoms with Gasteiger partial charge in [0.1, 0.15) is 5.76 Å². The molecule has 0 saturated heterocycles. The number of hydrogen-bond acceptors (Lipinski definition) is 3. The fourth-order valence-electron chi connectivity index (χ4n) is 2.33. The summed E-state index contributed by atoms with van der Waals surface area (Å²) in [5, 5.41) is 8.88. The fourth-order valence-corrected chi connectivity index (χ4v) is 3.61. The molecule has 0 aliphatic heterocycles. The number of aromatic carboxylic acids is 1. The van der Waals surface area contributed by atoms with Crippen molar-refractivity contribution in [3.05, 3.63) is 58.0 Å². The minimum Gasteiger partial charge on any atom is -0.475 e.